The van der Waals surface area contributed by atoms with Gasteiger partial charge in [0.2, 0.25) is 0 Å². The van der Waals surface area contributed by atoms with Gasteiger partial charge in [0.1, 0.15) is 10.5 Å². The third-order valence-corrected chi connectivity index (χ3v) is 6.04. The van der Waals surface area contributed by atoms with Gasteiger partial charge < -0.3 is 10.5 Å². The fraction of sp³-hybridized carbons (Fsp3) is 0.389. The largest absolute Gasteiger partial charge is 0.464 e. The van der Waals surface area contributed by atoms with Crippen LogP contribution in [0.3, 0.4) is 0 Å². The Morgan fingerprint density at radius 3 is 3.00 bits per heavy atom. The Morgan fingerprint density at radius 2 is 2.25 bits per heavy atom. The van der Waals surface area contributed by atoms with Crippen molar-refractivity contribution in [2.45, 2.75) is 13.0 Å². The standard InChI is InChI=1S/C18H21N3O2S/c1-23-18(22)15-8-13(11-20-7-6-12(9-19)10-20)17-21(15)14-4-2-3-5-16(14)24-17/h2-5,8,12H,6-7,9-11,19H2,1H3. The summed E-state index contributed by atoms with van der Waals surface area (Å²) in [6, 6.07) is 10.2. The van der Waals surface area contributed by atoms with Gasteiger partial charge in [0, 0.05) is 18.7 Å². The molecule has 2 aromatic heterocycles. The van der Waals surface area contributed by atoms with Gasteiger partial charge in [0.15, 0.2) is 0 Å². The molecule has 1 fully saturated rings. The highest BCUT2D eigenvalue weighted by atomic mass is 32.1. The van der Waals surface area contributed by atoms with Crippen LogP contribution in [-0.2, 0) is 11.3 Å². The first-order valence-corrected chi connectivity index (χ1v) is 9.05. The number of ether oxygens (including phenoxy) is 1. The first-order valence-electron chi connectivity index (χ1n) is 8.24. The van der Waals surface area contributed by atoms with Crippen LogP contribution in [-0.4, -0.2) is 42.0 Å². The fourth-order valence-corrected chi connectivity index (χ4v) is 4.75. The predicted octanol–water partition coefficient (Wildman–Crippen LogP) is 2.72. The molecule has 24 heavy (non-hydrogen) atoms. The van der Waals surface area contributed by atoms with Crippen molar-refractivity contribution in [3.8, 4) is 0 Å². The number of benzene rings is 1. The van der Waals surface area contributed by atoms with Crippen molar-refractivity contribution in [1.29, 1.82) is 0 Å². The van der Waals surface area contributed by atoms with Crippen molar-refractivity contribution in [2.24, 2.45) is 11.7 Å². The number of thiazole rings is 1. The smallest absolute Gasteiger partial charge is 0.355 e. The molecule has 1 aliphatic rings. The van der Waals surface area contributed by atoms with Crippen LogP contribution in [0, 0.1) is 5.92 Å². The highest BCUT2D eigenvalue weighted by Gasteiger charge is 2.25. The molecule has 1 aromatic carbocycles. The molecule has 1 aliphatic heterocycles. The Bertz CT molecular complexity index is 898. The van der Waals surface area contributed by atoms with Gasteiger partial charge in [-0.1, -0.05) is 12.1 Å². The molecule has 0 aliphatic carbocycles. The van der Waals surface area contributed by atoms with Gasteiger partial charge in [-0.25, -0.2) is 4.79 Å². The number of esters is 1. The molecular formula is C18H21N3O2S. The first kappa shape index (κ1) is 15.6. The number of hydrogen-bond donors (Lipinski definition) is 1. The molecule has 3 aromatic rings. The Kier molecular flexibility index (Phi) is 4.04. The van der Waals surface area contributed by atoms with Crippen LogP contribution in [0.25, 0.3) is 15.0 Å². The van der Waals surface area contributed by atoms with Crippen molar-refractivity contribution in [1.82, 2.24) is 9.30 Å². The summed E-state index contributed by atoms with van der Waals surface area (Å²) in [5.41, 5.74) is 8.66. The summed E-state index contributed by atoms with van der Waals surface area (Å²) < 4.78 is 8.22. The summed E-state index contributed by atoms with van der Waals surface area (Å²) in [7, 11) is 1.43. The molecule has 0 radical (unpaired) electrons. The molecule has 1 unspecified atom stereocenters. The lowest BCUT2D eigenvalue weighted by Gasteiger charge is -2.14. The van der Waals surface area contributed by atoms with Crippen LogP contribution in [0.4, 0.5) is 0 Å². The van der Waals surface area contributed by atoms with E-state index in [1.54, 1.807) is 11.3 Å². The zero-order valence-electron chi connectivity index (χ0n) is 13.7. The van der Waals surface area contributed by atoms with Gasteiger partial charge in [-0.15, -0.1) is 11.3 Å². The van der Waals surface area contributed by atoms with Crippen LogP contribution in [0.15, 0.2) is 30.3 Å². The van der Waals surface area contributed by atoms with Crippen molar-refractivity contribution >= 4 is 32.4 Å². The Hall–Kier alpha value is -1.89. The maximum Gasteiger partial charge on any atom is 0.355 e. The van der Waals surface area contributed by atoms with Gasteiger partial charge in [0.05, 0.1) is 17.3 Å². The summed E-state index contributed by atoms with van der Waals surface area (Å²) in [6.07, 6.45) is 1.16. The van der Waals surface area contributed by atoms with E-state index < -0.39 is 0 Å². The number of aromatic nitrogens is 1. The maximum atomic E-state index is 12.2. The highest BCUT2D eigenvalue weighted by molar-refractivity contribution is 7.24. The molecular weight excluding hydrogens is 322 g/mol. The number of nitrogens with two attached hydrogens (primary N) is 1. The second-order valence-electron chi connectivity index (χ2n) is 6.38. The Labute approximate surface area is 144 Å². The van der Waals surface area contributed by atoms with E-state index in [0.717, 1.165) is 42.9 Å². The molecule has 0 amide bonds. The van der Waals surface area contributed by atoms with Crippen molar-refractivity contribution in [3.63, 3.8) is 0 Å². The van der Waals surface area contributed by atoms with E-state index in [-0.39, 0.29) is 5.97 Å². The quantitative estimate of drug-likeness (QED) is 0.740. The van der Waals surface area contributed by atoms with E-state index >= 15 is 0 Å². The fourth-order valence-electron chi connectivity index (χ4n) is 3.58. The predicted molar refractivity (Wildman–Crippen MR) is 96.6 cm³/mol. The minimum atomic E-state index is -0.291. The van der Waals surface area contributed by atoms with Gasteiger partial charge in [0.25, 0.3) is 0 Å². The summed E-state index contributed by atoms with van der Waals surface area (Å²) in [5.74, 6) is 0.298. The first-order chi connectivity index (χ1) is 11.7. The zero-order chi connectivity index (χ0) is 16.7. The summed E-state index contributed by atoms with van der Waals surface area (Å²) >= 11 is 1.73. The molecule has 4 rings (SSSR count). The number of rotatable bonds is 4. The Morgan fingerprint density at radius 1 is 1.42 bits per heavy atom. The van der Waals surface area contributed by atoms with Gasteiger partial charge >= 0.3 is 5.97 Å². The van der Waals surface area contributed by atoms with E-state index in [1.165, 1.54) is 17.4 Å². The van der Waals surface area contributed by atoms with E-state index in [2.05, 4.69) is 17.0 Å². The van der Waals surface area contributed by atoms with Crippen LogP contribution in [0.5, 0.6) is 0 Å². The monoisotopic (exact) mass is 343 g/mol. The zero-order valence-corrected chi connectivity index (χ0v) is 14.5. The summed E-state index contributed by atoms with van der Waals surface area (Å²) in [5, 5.41) is 0. The number of methoxy groups -OCH3 is 1. The minimum absolute atomic E-state index is 0.291. The summed E-state index contributed by atoms with van der Waals surface area (Å²) in [4.78, 5) is 15.8. The van der Waals surface area contributed by atoms with E-state index in [1.807, 2.05) is 22.6 Å². The molecule has 3 heterocycles. The molecule has 0 saturated carbocycles. The molecule has 6 heteroatoms. The van der Waals surface area contributed by atoms with E-state index in [9.17, 15) is 4.79 Å². The number of hydrogen-bond acceptors (Lipinski definition) is 5. The van der Waals surface area contributed by atoms with E-state index in [4.69, 9.17) is 10.5 Å². The lowest BCUT2D eigenvalue weighted by Crippen LogP contribution is -2.22. The topological polar surface area (TPSA) is 60.0 Å². The summed E-state index contributed by atoms with van der Waals surface area (Å²) in [6.45, 7) is 3.70. The third kappa shape index (κ3) is 2.51. The number of carbonyl (C=O) groups excluding carboxylic acids is 1. The average Bonchev–Trinajstić information content (AvgIpc) is 3.29. The van der Waals surface area contributed by atoms with Crippen molar-refractivity contribution < 1.29 is 9.53 Å². The Balaban J connectivity index is 1.79. The van der Waals surface area contributed by atoms with Crippen LogP contribution < -0.4 is 5.73 Å². The molecule has 1 atom stereocenters. The number of likely N-dealkylation sites (tertiary alicyclic amines) is 1. The average molecular weight is 343 g/mol. The SMILES string of the molecule is COC(=O)c1cc(CN2CCC(CN)C2)c2sc3ccccc3n12. The molecule has 5 nitrogen and oxygen atoms in total. The lowest BCUT2D eigenvalue weighted by molar-refractivity contribution is 0.0593. The van der Waals surface area contributed by atoms with Gasteiger partial charge in [-0.3, -0.25) is 9.30 Å². The molecule has 126 valence electrons. The normalized spacial score (nSPS) is 18.7. The van der Waals surface area contributed by atoms with Gasteiger partial charge in [-0.2, -0.15) is 0 Å². The second kappa shape index (κ2) is 6.20. The molecule has 0 bridgehead atoms. The minimum Gasteiger partial charge on any atom is -0.464 e. The highest BCUT2D eigenvalue weighted by Crippen LogP contribution is 2.33. The number of carbonyl (C=O) groups is 1. The van der Waals surface area contributed by atoms with Crippen molar-refractivity contribution in [3.05, 3.63) is 41.6 Å². The van der Waals surface area contributed by atoms with E-state index in [0.29, 0.717) is 11.6 Å². The van der Waals surface area contributed by atoms with Crippen molar-refractivity contribution in [2.75, 3.05) is 26.7 Å². The van der Waals surface area contributed by atoms with Gasteiger partial charge in [-0.05, 0) is 43.6 Å². The number of nitrogens with zero attached hydrogens (tertiary/aromatic N) is 2. The second-order valence-corrected chi connectivity index (χ2v) is 7.41. The molecule has 0 spiro atoms. The third-order valence-electron chi connectivity index (χ3n) is 4.83. The van der Waals surface area contributed by atoms with Crippen LogP contribution in [0.1, 0.15) is 22.5 Å². The maximum absolute atomic E-state index is 12.2. The number of para-hydroxylation sites is 1. The lowest BCUT2D eigenvalue weighted by atomic mass is 10.1. The molecule has 1 saturated heterocycles. The van der Waals surface area contributed by atoms with Crippen LogP contribution >= 0.6 is 11.3 Å². The molecule has 2 N–H and O–H groups in total. The van der Waals surface area contributed by atoms with Crippen LogP contribution in [0.2, 0.25) is 0 Å². The number of fused-ring (bicyclic) bond motifs is 3.